The van der Waals surface area contributed by atoms with Crippen molar-refractivity contribution in [3.8, 4) is 0 Å². The van der Waals surface area contributed by atoms with Gasteiger partial charge in [-0.3, -0.25) is 9.69 Å². The van der Waals surface area contributed by atoms with Crippen molar-refractivity contribution in [3.63, 3.8) is 0 Å². The van der Waals surface area contributed by atoms with Crippen molar-refractivity contribution in [1.29, 1.82) is 0 Å². The lowest BCUT2D eigenvalue weighted by Gasteiger charge is -2.36. The fourth-order valence-corrected chi connectivity index (χ4v) is 2.75. The van der Waals surface area contributed by atoms with Crippen LogP contribution in [0.4, 0.5) is 5.69 Å². The van der Waals surface area contributed by atoms with E-state index in [2.05, 4.69) is 46.3 Å². The van der Waals surface area contributed by atoms with Crippen LogP contribution in [-0.2, 0) is 9.59 Å². The van der Waals surface area contributed by atoms with Gasteiger partial charge in [0.1, 0.15) is 0 Å². The molecule has 138 valence electrons. The Hall–Kier alpha value is -2.12. The largest absolute Gasteiger partial charge is 0.479 e. The quantitative estimate of drug-likeness (QED) is 0.662. The van der Waals surface area contributed by atoms with Gasteiger partial charge in [-0.25, -0.2) is 4.79 Å². The molecule has 0 spiro atoms. The molecule has 0 aliphatic carbocycles. The van der Waals surface area contributed by atoms with E-state index in [-0.39, 0.29) is 12.5 Å². The van der Waals surface area contributed by atoms with Crippen LogP contribution in [0.5, 0.6) is 0 Å². The van der Waals surface area contributed by atoms with E-state index in [9.17, 15) is 14.7 Å². The third-order valence-electron chi connectivity index (χ3n) is 4.48. The first-order valence-electron chi connectivity index (χ1n) is 8.54. The van der Waals surface area contributed by atoms with Crippen molar-refractivity contribution in [2.75, 3.05) is 44.2 Å². The van der Waals surface area contributed by atoms with Gasteiger partial charge in [-0.1, -0.05) is 12.1 Å². The highest BCUT2D eigenvalue weighted by Gasteiger charge is 2.30. The summed E-state index contributed by atoms with van der Waals surface area (Å²) >= 11 is 0. The zero-order valence-corrected chi connectivity index (χ0v) is 14.9. The van der Waals surface area contributed by atoms with Gasteiger partial charge in [0.25, 0.3) is 0 Å². The molecule has 2 rings (SSSR count). The minimum absolute atomic E-state index is 0.248. The summed E-state index contributed by atoms with van der Waals surface area (Å²) in [6.45, 7) is 7.19. The van der Waals surface area contributed by atoms with Crippen LogP contribution in [0.15, 0.2) is 24.3 Å². The molecular formula is C18H27N3O4. The molecule has 1 heterocycles. The van der Waals surface area contributed by atoms with Gasteiger partial charge in [-0.15, -0.1) is 0 Å². The summed E-state index contributed by atoms with van der Waals surface area (Å²) in [5.41, 5.74) is 0.539. The molecule has 1 aromatic rings. The second-order valence-corrected chi connectivity index (χ2v) is 6.77. The van der Waals surface area contributed by atoms with Crippen molar-refractivity contribution in [2.45, 2.75) is 25.9 Å². The van der Waals surface area contributed by atoms with Crippen LogP contribution in [0.1, 0.15) is 18.9 Å². The second kappa shape index (κ2) is 8.31. The smallest absolute Gasteiger partial charge is 0.337 e. The van der Waals surface area contributed by atoms with Crippen LogP contribution in [-0.4, -0.2) is 71.9 Å². The monoisotopic (exact) mass is 349 g/mol. The molecule has 0 radical (unpaired) electrons. The van der Waals surface area contributed by atoms with Gasteiger partial charge in [-0.2, -0.15) is 0 Å². The predicted octanol–water partition coefficient (Wildman–Crippen LogP) is 0.459. The number of piperazine rings is 1. The van der Waals surface area contributed by atoms with E-state index >= 15 is 0 Å². The summed E-state index contributed by atoms with van der Waals surface area (Å²) in [6.07, 6.45) is 0.292. The van der Waals surface area contributed by atoms with Crippen molar-refractivity contribution in [2.24, 2.45) is 0 Å². The lowest BCUT2D eigenvalue weighted by atomic mass is 10.1. The molecule has 3 N–H and O–H groups in total. The maximum absolute atomic E-state index is 11.8. The topological polar surface area (TPSA) is 93.1 Å². The number of benzene rings is 1. The van der Waals surface area contributed by atoms with Crippen molar-refractivity contribution in [3.05, 3.63) is 29.8 Å². The zero-order chi connectivity index (χ0) is 18.4. The number of carbonyl (C=O) groups excluding carboxylic acids is 1. The summed E-state index contributed by atoms with van der Waals surface area (Å²) < 4.78 is 0. The van der Waals surface area contributed by atoms with E-state index in [1.165, 1.54) is 18.2 Å². The van der Waals surface area contributed by atoms with Gasteiger partial charge < -0.3 is 20.4 Å². The molecule has 7 heteroatoms. The number of rotatable bonds is 7. The van der Waals surface area contributed by atoms with Gasteiger partial charge in [-0.05, 0) is 31.5 Å². The number of aliphatic carboxylic acids is 1. The molecule has 1 unspecified atom stereocenters. The van der Waals surface area contributed by atoms with Crippen molar-refractivity contribution >= 4 is 17.6 Å². The fourth-order valence-electron chi connectivity index (χ4n) is 2.75. The molecule has 1 fully saturated rings. The Kier molecular flexibility index (Phi) is 6.39. The van der Waals surface area contributed by atoms with Crippen LogP contribution in [0.2, 0.25) is 0 Å². The molecule has 1 atom stereocenters. The van der Waals surface area contributed by atoms with Crippen LogP contribution in [0.3, 0.4) is 0 Å². The average molecular weight is 349 g/mol. The molecule has 1 aliphatic heterocycles. The molecule has 1 aromatic carbocycles. The average Bonchev–Trinajstić information content (AvgIpc) is 2.58. The highest BCUT2D eigenvalue weighted by molar-refractivity contribution is 5.80. The van der Waals surface area contributed by atoms with Crippen molar-refractivity contribution in [1.82, 2.24) is 10.2 Å². The van der Waals surface area contributed by atoms with E-state index in [4.69, 9.17) is 5.11 Å². The van der Waals surface area contributed by atoms with Gasteiger partial charge in [0.2, 0.25) is 5.91 Å². The molecule has 1 amide bonds. The first kappa shape index (κ1) is 19.2. The first-order chi connectivity index (χ1) is 11.8. The molecule has 1 aliphatic rings. The number of amides is 1. The summed E-state index contributed by atoms with van der Waals surface area (Å²) in [6, 6.07) is 8.44. The molecule has 1 saturated heterocycles. The number of aryl methyl sites for hydroxylation is 1. The summed E-state index contributed by atoms with van der Waals surface area (Å²) in [5, 5.41) is 20.9. The van der Waals surface area contributed by atoms with Crippen LogP contribution in [0.25, 0.3) is 0 Å². The van der Waals surface area contributed by atoms with E-state index in [0.29, 0.717) is 13.0 Å². The van der Waals surface area contributed by atoms with Crippen molar-refractivity contribution < 1.29 is 19.8 Å². The number of hydrogen-bond acceptors (Lipinski definition) is 5. The maximum atomic E-state index is 11.8. The minimum atomic E-state index is -1.94. The first-order valence-corrected chi connectivity index (χ1v) is 8.54. The van der Waals surface area contributed by atoms with E-state index in [0.717, 1.165) is 26.2 Å². The van der Waals surface area contributed by atoms with E-state index in [1.807, 2.05) is 0 Å². The number of nitrogens with one attached hydrogen (secondary N) is 1. The third kappa shape index (κ3) is 5.72. The highest BCUT2D eigenvalue weighted by atomic mass is 16.4. The number of anilines is 1. The summed E-state index contributed by atoms with van der Waals surface area (Å²) in [4.78, 5) is 27.2. The Bertz CT molecular complexity index is 610. The molecule has 0 saturated carbocycles. The van der Waals surface area contributed by atoms with Crippen LogP contribution >= 0.6 is 0 Å². The maximum Gasteiger partial charge on any atom is 0.337 e. The number of hydrogen-bond donors (Lipinski definition) is 3. The number of carbonyl (C=O) groups is 2. The molecular weight excluding hydrogens is 322 g/mol. The van der Waals surface area contributed by atoms with Gasteiger partial charge >= 0.3 is 5.97 Å². The number of nitrogens with zero attached hydrogens (tertiary/aromatic N) is 2. The van der Waals surface area contributed by atoms with Gasteiger partial charge in [0.05, 0.1) is 6.54 Å². The normalized spacial score (nSPS) is 17.8. The Balaban J connectivity index is 1.70. The zero-order valence-electron chi connectivity index (χ0n) is 14.9. The fraction of sp³-hybridized carbons (Fsp3) is 0.556. The van der Waals surface area contributed by atoms with Crippen LogP contribution in [0, 0.1) is 6.92 Å². The molecule has 25 heavy (non-hydrogen) atoms. The molecule has 0 aromatic heterocycles. The minimum Gasteiger partial charge on any atom is -0.479 e. The van der Waals surface area contributed by atoms with E-state index in [1.54, 1.807) is 0 Å². The van der Waals surface area contributed by atoms with Gasteiger partial charge in [0.15, 0.2) is 5.60 Å². The lowest BCUT2D eigenvalue weighted by molar-refractivity contribution is -0.156. The molecule has 0 bridgehead atoms. The Morgan fingerprint density at radius 3 is 2.52 bits per heavy atom. The van der Waals surface area contributed by atoms with Crippen LogP contribution < -0.4 is 10.2 Å². The Morgan fingerprint density at radius 2 is 1.92 bits per heavy atom. The number of carboxylic acid groups (broad SMARTS) is 1. The van der Waals surface area contributed by atoms with Gasteiger partial charge in [0, 0.05) is 44.8 Å². The number of aliphatic hydroxyl groups is 1. The Labute approximate surface area is 148 Å². The third-order valence-corrected chi connectivity index (χ3v) is 4.48. The lowest BCUT2D eigenvalue weighted by Crippen LogP contribution is -2.49. The Morgan fingerprint density at radius 1 is 1.24 bits per heavy atom. The summed E-state index contributed by atoms with van der Waals surface area (Å²) in [7, 11) is 0. The predicted molar refractivity (Wildman–Crippen MR) is 95.7 cm³/mol. The standard InChI is InChI=1S/C18H27N3O4/c1-14-4-3-5-15(12-14)21-10-8-20(9-11-21)7-6-16(22)19-13-18(2,25)17(23)24/h3-5,12,25H,6-11,13H2,1-2H3,(H,19,22)(H,23,24). The molecule has 7 nitrogen and oxygen atoms in total. The second-order valence-electron chi connectivity index (χ2n) is 6.77. The van der Waals surface area contributed by atoms with E-state index < -0.39 is 11.6 Å². The number of carboxylic acids is 1. The summed E-state index contributed by atoms with van der Waals surface area (Å²) in [5.74, 6) is -1.59. The SMILES string of the molecule is Cc1cccc(N2CCN(CCC(=O)NCC(C)(O)C(=O)O)CC2)c1. The highest BCUT2D eigenvalue weighted by Crippen LogP contribution is 2.17.